The predicted octanol–water partition coefficient (Wildman–Crippen LogP) is 6.59. The van der Waals surface area contributed by atoms with Gasteiger partial charge in [-0.05, 0) is 30.7 Å². The number of imidazole rings is 1. The van der Waals surface area contributed by atoms with Gasteiger partial charge in [0.25, 0.3) is 0 Å². The van der Waals surface area contributed by atoms with E-state index in [4.69, 9.17) is 46.4 Å². The first-order valence-corrected chi connectivity index (χ1v) is 8.41. The Kier molecular flexibility index (Phi) is 4.88. The van der Waals surface area contributed by atoms with E-state index in [1.54, 1.807) is 18.2 Å². The lowest BCUT2D eigenvalue weighted by Crippen LogP contribution is -1.92. The van der Waals surface area contributed by atoms with Crippen LogP contribution in [0.15, 0.2) is 36.4 Å². The molecule has 0 radical (unpaired) electrons. The average Bonchev–Trinajstić information content (AvgIpc) is 2.84. The van der Waals surface area contributed by atoms with Crippen molar-refractivity contribution in [3.63, 3.8) is 0 Å². The Balaban J connectivity index is 2.00. The topological polar surface area (TPSA) is 28.7 Å². The highest BCUT2D eigenvalue weighted by Gasteiger charge is 2.16. The number of benzene rings is 2. The van der Waals surface area contributed by atoms with Gasteiger partial charge in [0.1, 0.15) is 5.82 Å². The first-order chi connectivity index (χ1) is 11.0. The first kappa shape index (κ1) is 16.7. The second kappa shape index (κ2) is 6.74. The molecular formula is C17H12Cl4N2. The molecule has 0 spiro atoms. The van der Waals surface area contributed by atoms with Crippen LogP contribution in [0.3, 0.4) is 0 Å². The molecule has 0 atom stereocenters. The van der Waals surface area contributed by atoms with Crippen molar-refractivity contribution in [2.24, 2.45) is 0 Å². The predicted molar refractivity (Wildman–Crippen MR) is 98.0 cm³/mol. The van der Waals surface area contributed by atoms with E-state index >= 15 is 0 Å². The van der Waals surface area contributed by atoms with Crippen LogP contribution in [0, 0.1) is 6.92 Å². The molecule has 3 aromatic rings. The van der Waals surface area contributed by atoms with Crippen LogP contribution in [0.1, 0.15) is 17.1 Å². The molecule has 0 aliphatic carbocycles. The van der Waals surface area contributed by atoms with Gasteiger partial charge in [-0.1, -0.05) is 64.6 Å². The summed E-state index contributed by atoms with van der Waals surface area (Å²) < 4.78 is 0. The van der Waals surface area contributed by atoms with Crippen LogP contribution in [0.5, 0.6) is 0 Å². The van der Waals surface area contributed by atoms with Gasteiger partial charge in [0.2, 0.25) is 0 Å². The van der Waals surface area contributed by atoms with E-state index in [0.29, 0.717) is 26.5 Å². The molecule has 0 aliphatic heterocycles. The summed E-state index contributed by atoms with van der Waals surface area (Å²) in [5.41, 5.74) is 3.28. The number of aromatic amines is 1. The second-order valence-electron chi connectivity index (χ2n) is 5.14. The van der Waals surface area contributed by atoms with Crippen molar-refractivity contribution in [2.45, 2.75) is 13.3 Å². The Bertz CT molecular complexity index is 851. The van der Waals surface area contributed by atoms with Gasteiger partial charge in [-0.25, -0.2) is 4.98 Å². The van der Waals surface area contributed by atoms with Crippen molar-refractivity contribution in [3.05, 3.63) is 73.6 Å². The minimum absolute atomic E-state index is 0.529. The lowest BCUT2D eigenvalue weighted by Gasteiger charge is -2.05. The van der Waals surface area contributed by atoms with Crippen molar-refractivity contribution >= 4 is 46.4 Å². The van der Waals surface area contributed by atoms with E-state index in [-0.39, 0.29) is 0 Å². The molecule has 0 fully saturated rings. The summed E-state index contributed by atoms with van der Waals surface area (Å²) in [6.45, 7) is 1.94. The molecule has 0 saturated carbocycles. The van der Waals surface area contributed by atoms with Gasteiger partial charge in [-0.2, -0.15) is 0 Å². The van der Waals surface area contributed by atoms with Crippen molar-refractivity contribution in [1.29, 1.82) is 0 Å². The molecule has 2 aromatic carbocycles. The molecule has 2 nitrogen and oxygen atoms in total. The van der Waals surface area contributed by atoms with E-state index in [1.807, 2.05) is 25.1 Å². The second-order valence-corrected chi connectivity index (χ2v) is 6.74. The zero-order chi connectivity index (χ0) is 16.6. The SMILES string of the molecule is Cc1[nH]c(Cc2cccc(Cl)c2Cl)nc1-c1c(Cl)cccc1Cl. The molecule has 0 unspecified atom stereocenters. The van der Waals surface area contributed by atoms with E-state index in [2.05, 4.69) is 9.97 Å². The number of H-pyrrole nitrogens is 1. The zero-order valence-corrected chi connectivity index (χ0v) is 15.2. The third-order valence-electron chi connectivity index (χ3n) is 3.52. The summed E-state index contributed by atoms with van der Waals surface area (Å²) in [7, 11) is 0. The number of hydrogen-bond donors (Lipinski definition) is 1. The molecule has 3 rings (SSSR count). The Hall–Kier alpha value is -1.19. The maximum atomic E-state index is 6.27. The minimum Gasteiger partial charge on any atom is -0.345 e. The van der Waals surface area contributed by atoms with Gasteiger partial charge in [-0.15, -0.1) is 0 Å². The fourth-order valence-electron chi connectivity index (χ4n) is 2.44. The number of halogens is 4. The number of rotatable bonds is 3. The maximum absolute atomic E-state index is 6.27. The third-order valence-corrected chi connectivity index (χ3v) is 5.01. The smallest absolute Gasteiger partial charge is 0.111 e. The third kappa shape index (κ3) is 3.36. The molecule has 23 heavy (non-hydrogen) atoms. The summed E-state index contributed by atoms with van der Waals surface area (Å²) in [5.74, 6) is 0.776. The van der Waals surface area contributed by atoms with Crippen LogP contribution in [-0.2, 0) is 6.42 Å². The summed E-state index contributed by atoms with van der Waals surface area (Å²) >= 11 is 24.8. The van der Waals surface area contributed by atoms with E-state index in [0.717, 1.165) is 28.3 Å². The number of hydrogen-bond acceptors (Lipinski definition) is 1. The Morgan fingerprint density at radius 2 is 1.52 bits per heavy atom. The molecule has 6 heteroatoms. The molecule has 0 bridgehead atoms. The fourth-order valence-corrected chi connectivity index (χ4v) is 3.40. The Labute approximate surface area is 154 Å². The lowest BCUT2D eigenvalue weighted by molar-refractivity contribution is 1.02. The van der Waals surface area contributed by atoms with Crippen LogP contribution in [0.2, 0.25) is 20.1 Å². The summed E-state index contributed by atoms with van der Waals surface area (Å²) in [4.78, 5) is 7.90. The molecule has 0 aliphatic rings. The van der Waals surface area contributed by atoms with Crippen molar-refractivity contribution < 1.29 is 0 Å². The highest BCUT2D eigenvalue weighted by Crippen LogP contribution is 2.35. The van der Waals surface area contributed by atoms with E-state index in [1.165, 1.54) is 0 Å². The van der Waals surface area contributed by atoms with Gasteiger partial charge in [0, 0.05) is 17.7 Å². The number of aryl methyl sites for hydroxylation is 1. The van der Waals surface area contributed by atoms with Gasteiger partial charge in [0.05, 0.1) is 25.8 Å². The minimum atomic E-state index is 0.529. The fraction of sp³-hybridized carbons (Fsp3) is 0.118. The molecule has 1 heterocycles. The van der Waals surface area contributed by atoms with Crippen LogP contribution < -0.4 is 0 Å². The van der Waals surface area contributed by atoms with Gasteiger partial charge >= 0.3 is 0 Å². The lowest BCUT2D eigenvalue weighted by atomic mass is 10.1. The molecule has 0 amide bonds. The molecule has 0 saturated heterocycles. The van der Waals surface area contributed by atoms with Gasteiger partial charge in [0.15, 0.2) is 0 Å². The average molecular weight is 386 g/mol. The highest BCUT2D eigenvalue weighted by atomic mass is 35.5. The summed E-state index contributed by atoms with van der Waals surface area (Å²) in [6.07, 6.45) is 0.544. The summed E-state index contributed by atoms with van der Waals surface area (Å²) in [6, 6.07) is 11.0. The van der Waals surface area contributed by atoms with Crippen LogP contribution >= 0.6 is 46.4 Å². The number of nitrogens with one attached hydrogen (secondary N) is 1. The van der Waals surface area contributed by atoms with E-state index < -0.39 is 0 Å². The normalized spacial score (nSPS) is 11.0. The van der Waals surface area contributed by atoms with Gasteiger partial charge < -0.3 is 4.98 Å². The Morgan fingerprint density at radius 3 is 2.22 bits per heavy atom. The molecule has 118 valence electrons. The molecule has 1 N–H and O–H groups in total. The first-order valence-electron chi connectivity index (χ1n) is 6.90. The van der Waals surface area contributed by atoms with Crippen molar-refractivity contribution in [2.75, 3.05) is 0 Å². The quantitative estimate of drug-likeness (QED) is 0.541. The van der Waals surface area contributed by atoms with E-state index in [9.17, 15) is 0 Å². The number of aromatic nitrogens is 2. The van der Waals surface area contributed by atoms with Crippen LogP contribution in [0.4, 0.5) is 0 Å². The molecular weight excluding hydrogens is 374 g/mol. The zero-order valence-electron chi connectivity index (χ0n) is 12.1. The molecule has 1 aromatic heterocycles. The van der Waals surface area contributed by atoms with Crippen LogP contribution in [-0.4, -0.2) is 9.97 Å². The summed E-state index contributed by atoms with van der Waals surface area (Å²) in [5, 5.41) is 2.21. The highest BCUT2D eigenvalue weighted by molar-refractivity contribution is 6.42. The van der Waals surface area contributed by atoms with Crippen LogP contribution in [0.25, 0.3) is 11.3 Å². The van der Waals surface area contributed by atoms with Crippen molar-refractivity contribution in [3.8, 4) is 11.3 Å². The maximum Gasteiger partial charge on any atom is 0.111 e. The largest absolute Gasteiger partial charge is 0.345 e. The monoisotopic (exact) mass is 384 g/mol. The Morgan fingerprint density at radius 1 is 0.913 bits per heavy atom. The standard InChI is InChI=1S/C17H12Cl4N2/c1-9-17(15-11(18)5-3-6-12(15)19)23-14(22-9)8-10-4-2-7-13(20)16(10)21/h2-7H,8H2,1H3,(H,22,23). The van der Waals surface area contributed by atoms with Gasteiger partial charge in [-0.3, -0.25) is 0 Å². The number of nitrogens with zero attached hydrogens (tertiary/aromatic N) is 1. The van der Waals surface area contributed by atoms with Crippen molar-refractivity contribution in [1.82, 2.24) is 9.97 Å².